The zero-order valence-corrected chi connectivity index (χ0v) is 15.7. The molecule has 28 heavy (non-hydrogen) atoms. The van der Waals surface area contributed by atoms with Crippen LogP contribution in [-0.2, 0) is 10.0 Å². The van der Waals surface area contributed by atoms with E-state index in [-0.39, 0.29) is 24.3 Å². The highest BCUT2D eigenvalue weighted by Gasteiger charge is 2.28. The molecule has 0 unspecified atom stereocenters. The Morgan fingerprint density at radius 3 is 2.36 bits per heavy atom. The van der Waals surface area contributed by atoms with Crippen molar-refractivity contribution in [2.24, 2.45) is 0 Å². The van der Waals surface area contributed by atoms with Crippen LogP contribution in [0.2, 0.25) is 0 Å². The van der Waals surface area contributed by atoms with Gasteiger partial charge in [-0.3, -0.25) is 10.1 Å². The Kier molecular flexibility index (Phi) is 5.73. The van der Waals surface area contributed by atoms with Crippen LogP contribution in [0.1, 0.15) is 11.1 Å². The fourth-order valence-corrected chi connectivity index (χ4v) is 4.18. The van der Waals surface area contributed by atoms with Gasteiger partial charge in [-0.15, -0.1) is 0 Å². The minimum absolute atomic E-state index is 0.153. The van der Waals surface area contributed by atoms with Crippen LogP contribution in [-0.4, -0.2) is 43.8 Å². The molecule has 0 N–H and O–H groups in total. The van der Waals surface area contributed by atoms with Crippen molar-refractivity contribution in [3.63, 3.8) is 0 Å². The SMILES string of the molecule is N#Cc1ccc(N2CCN(S(=O)(=O)/C=C/c3ccccc3)CC2)c([N+](=O)[O-])c1. The number of nitrogens with zero attached hydrogens (tertiary/aromatic N) is 4. The smallest absolute Gasteiger partial charge is 0.293 e. The zero-order valence-electron chi connectivity index (χ0n) is 14.9. The normalized spacial score (nSPS) is 15.5. The highest BCUT2D eigenvalue weighted by molar-refractivity contribution is 7.92. The van der Waals surface area contributed by atoms with E-state index >= 15 is 0 Å². The third-order valence-electron chi connectivity index (χ3n) is 4.47. The fraction of sp³-hybridized carbons (Fsp3) is 0.211. The second-order valence-electron chi connectivity index (χ2n) is 6.22. The number of nitriles is 1. The Morgan fingerprint density at radius 2 is 1.75 bits per heavy atom. The van der Waals surface area contributed by atoms with Crippen LogP contribution in [0.4, 0.5) is 11.4 Å². The summed E-state index contributed by atoms with van der Waals surface area (Å²) >= 11 is 0. The molecule has 0 atom stereocenters. The van der Waals surface area contributed by atoms with Gasteiger partial charge >= 0.3 is 0 Å². The molecule has 0 aliphatic carbocycles. The lowest BCUT2D eigenvalue weighted by atomic mass is 10.1. The van der Waals surface area contributed by atoms with Gasteiger partial charge in [0.2, 0.25) is 10.0 Å². The van der Waals surface area contributed by atoms with E-state index in [0.717, 1.165) is 5.56 Å². The van der Waals surface area contributed by atoms with Gasteiger partial charge in [-0.1, -0.05) is 30.3 Å². The maximum absolute atomic E-state index is 12.5. The van der Waals surface area contributed by atoms with Gasteiger partial charge < -0.3 is 4.90 Å². The molecular weight excluding hydrogens is 380 g/mol. The van der Waals surface area contributed by atoms with E-state index < -0.39 is 14.9 Å². The average molecular weight is 398 g/mol. The summed E-state index contributed by atoms with van der Waals surface area (Å²) in [4.78, 5) is 12.6. The van der Waals surface area contributed by atoms with Crippen molar-refractivity contribution in [2.75, 3.05) is 31.1 Å². The van der Waals surface area contributed by atoms with Crippen molar-refractivity contribution >= 4 is 27.5 Å². The van der Waals surface area contributed by atoms with Gasteiger partial charge in [0.05, 0.1) is 16.6 Å². The summed E-state index contributed by atoms with van der Waals surface area (Å²) in [5.74, 6) is 0. The van der Waals surface area contributed by atoms with Gasteiger partial charge in [0.15, 0.2) is 0 Å². The molecular formula is C19H18N4O4S. The van der Waals surface area contributed by atoms with Crippen molar-refractivity contribution in [3.05, 3.63) is 75.2 Å². The summed E-state index contributed by atoms with van der Waals surface area (Å²) < 4.78 is 26.4. The topological polar surface area (TPSA) is 108 Å². The number of nitro groups is 1. The number of hydrogen-bond acceptors (Lipinski definition) is 6. The number of sulfonamides is 1. The molecule has 3 rings (SSSR count). The lowest BCUT2D eigenvalue weighted by molar-refractivity contribution is -0.384. The molecule has 144 valence electrons. The van der Waals surface area contributed by atoms with Gasteiger partial charge in [-0.2, -0.15) is 9.57 Å². The minimum atomic E-state index is -3.58. The van der Waals surface area contributed by atoms with Crippen LogP contribution in [0.3, 0.4) is 0 Å². The Labute approximate surface area is 163 Å². The Hall–Kier alpha value is -3.22. The molecule has 0 amide bonds. The number of nitro benzene ring substituents is 1. The highest BCUT2D eigenvalue weighted by Crippen LogP contribution is 2.30. The molecule has 1 aliphatic rings. The molecule has 1 heterocycles. The van der Waals surface area contributed by atoms with Crippen molar-refractivity contribution in [3.8, 4) is 6.07 Å². The second kappa shape index (κ2) is 8.21. The van der Waals surface area contributed by atoms with Crippen LogP contribution >= 0.6 is 0 Å². The first kappa shape index (κ1) is 19.5. The summed E-state index contributed by atoms with van der Waals surface area (Å²) in [5, 5.41) is 21.4. The summed E-state index contributed by atoms with van der Waals surface area (Å²) in [6.07, 6.45) is 1.55. The molecule has 9 heteroatoms. The first-order valence-corrected chi connectivity index (χ1v) is 10.1. The van der Waals surface area contributed by atoms with Crippen molar-refractivity contribution < 1.29 is 13.3 Å². The van der Waals surface area contributed by atoms with E-state index in [2.05, 4.69) is 0 Å². The number of hydrogen-bond donors (Lipinski definition) is 0. The number of rotatable bonds is 5. The Bertz CT molecular complexity index is 1040. The van der Waals surface area contributed by atoms with Gasteiger partial charge in [0.25, 0.3) is 5.69 Å². The molecule has 0 saturated carbocycles. The average Bonchev–Trinajstić information content (AvgIpc) is 2.72. The minimum Gasteiger partial charge on any atom is -0.363 e. The second-order valence-corrected chi connectivity index (χ2v) is 8.04. The van der Waals surface area contributed by atoms with Crippen LogP contribution in [0.15, 0.2) is 53.9 Å². The van der Waals surface area contributed by atoms with E-state index in [1.54, 1.807) is 11.0 Å². The lowest BCUT2D eigenvalue weighted by Crippen LogP contribution is -2.48. The molecule has 0 spiro atoms. The first-order chi connectivity index (χ1) is 13.4. The Balaban J connectivity index is 1.72. The third kappa shape index (κ3) is 4.36. The van der Waals surface area contributed by atoms with E-state index in [1.165, 1.54) is 27.9 Å². The zero-order chi connectivity index (χ0) is 20.1. The fourth-order valence-electron chi connectivity index (χ4n) is 3.00. The van der Waals surface area contributed by atoms with Crippen LogP contribution in [0.5, 0.6) is 0 Å². The Morgan fingerprint density at radius 1 is 1.07 bits per heavy atom. The number of piperazine rings is 1. The number of benzene rings is 2. The van der Waals surface area contributed by atoms with Gasteiger partial charge in [0, 0.05) is 37.7 Å². The van der Waals surface area contributed by atoms with Gasteiger partial charge in [0.1, 0.15) is 5.69 Å². The maximum Gasteiger partial charge on any atom is 0.293 e. The molecule has 1 saturated heterocycles. The maximum atomic E-state index is 12.5. The molecule has 0 aromatic heterocycles. The molecule has 8 nitrogen and oxygen atoms in total. The van der Waals surface area contributed by atoms with Crippen molar-refractivity contribution in [2.45, 2.75) is 0 Å². The quantitative estimate of drug-likeness (QED) is 0.566. The van der Waals surface area contributed by atoms with E-state index in [0.29, 0.717) is 18.8 Å². The molecule has 1 aliphatic heterocycles. The predicted molar refractivity (Wildman–Crippen MR) is 106 cm³/mol. The van der Waals surface area contributed by atoms with E-state index in [1.807, 2.05) is 36.4 Å². The van der Waals surface area contributed by atoms with Gasteiger partial charge in [-0.25, -0.2) is 8.42 Å². The largest absolute Gasteiger partial charge is 0.363 e. The standard InChI is InChI=1S/C19H18N4O4S/c20-15-17-6-7-18(19(14-17)23(24)25)21-9-11-22(12-10-21)28(26,27)13-8-16-4-2-1-3-5-16/h1-8,13-14H,9-12H2/b13-8+. The first-order valence-electron chi connectivity index (χ1n) is 8.57. The van der Waals surface area contributed by atoms with Crippen molar-refractivity contribution in [1.82, 2.24) is 4.31 Å². The van der Waals surface area contributed by atoms with Crippen molar-refractivity contribution in [1.29, 1.82) is 5.26 Å². The molecule has 1 fully saturated rings. The van der Waals surface area contributed by atoms with Crippen LogP contribution < -0.4 is 4.90 Å². The third-order valence-corrected chi connectivity index (χ3v) is 6.04. The summed E-state index contributed by atoms with van der Waals surface area (Å²) in [6, 6.07) is 15.3. The highest BCUT2D eigenvalue weighted by atomic mass is 32.2. The molecule has 0 radical (unpaired) electrons. The van der Waals surface area contributed by atoms with Crippen LogP contribution in [0, 0.1) is 21.4 Å². The molecule has 2 aromatic carbocycles. The van der Waals surface area contributed by atoms with E-state index in [4.69, 9.17) is 5.26 Å². The number of anilines is 1. The summed E-state index contributed by atoms with van der Waals surface area (Å²) in [5.41, 5.74) is 1.24. The molecule has 0 bridgehead atoms. The summed E-state index contributed by atoms with van der Waals surface area (Å²) in [6.45, 7) is 1.09. The molecule has 2 aromatic rings. The lowest BCUT2D eigenvalue weighted by Gasteiger charge is -2.34. The summed E-state index contributed by atoms with van der Waals surface area (Å²) in [7, 11) is -3.58. The van der Waals surface area contributed by atoms with Gasteiger partial charge in [-0.05, 0) is 23.8 Å². The monoisotopic (exact) mass is 398 g/mol. The van der Waals surface area contributed by atoms with Crippen LogP contribution in [0.25, 0.3) is 6.08 Å². The van der Waals surface area contributed by atoms with E-state index in [9.17, 15) is 18.5 Å². The predicted octanol–water partition coefficient (Wildman–Crippen LogP) is 2.59.